The van der Waals surface area contributed by atoms with Crippen LogP contribution in [0.2, 0.25) is 0 Å². The highest BCUT2D eigenvalue weighted by Crippen LogP contribution is 2.53. The SMILES string of the molecule is O=C(O[C@@H]1O[C@@H]2COC(=O)c3cc(O)c(O)c(O)c3-c3c(cc(O)c(O)c3O)C(=O)O[C@H]([C@@H]1O)[C@@H]2O)c1cc(O)c(O)c(O)c1. The fraction of sp³-hybridized carbons (Fsp3) is 0.222. The number of phenolic OH excluding ortho intramolecular Hbond substituents is 9. The first-order valence-corrected chi connectivity index (χ1v) is 12.5. The maximum Gasteiger partial charge on any atom is 0.340 e. The van der Waals surface area contributed by atoms with E-state index in [1.165, 1.54) is 0 Å². The molecule has 18 nitrogen and oxygen atoms in total. The molecule has 2 heterocycles. The predicted molar refractivity (Wildman–Crippen MR) is 139 cm³/mol. The lowest BCUT2D eigenvalue weighted by Crippen LogP contribution is -2.61. The summed E-state index contributed by atoms with van der Waals surface area (Å²) in [6.45, 7) is -0.947. The third-order valence-corrected chi connectivity index (χ3v) is 6.99. The molecule has 5 rings (SSSR count). The standard InChI is InChI=1S/C27H22O18/c28-9-1-6(2-10(29)16(9)32)24(39)45-27-22(38)23-19(35)13(43-27)5-42-25(40)7-3-11(30)17(33)20(36)14(7)15-8(26(41)44-23)4-12(31)18(34)21(15)37/h1-4,13,19,22-23,27-38H,5H2/t13-,19-,22+,23+,27+/m1/s1. The number of aromatic hydroxyl groups is 9. The highest BCUT2D eigenvalue weighted by Gasteiger charge is 2.50. The molecule has 1 fully saturated rings. The maximum atomic E-state index is 13.5. The Morgan fingerprint density at radius 1 is 0.667 bits per heavy atom. The number of hydrogen-bond donors (Lipinski definition) is 11. The van der Waals surface area contributed by atoms with Crippen LogP contribution in [-0.4, -0.2) is 111 Å². The molecule has 2 aliphatic heterocycles. The lowest BCUT2D eigenvalue weighted by molar-refractivity contribution is -0.284. The van der Waals surface area contributed by atoms with Gasteiger partial charge < -0.3 is 75.1 Å². The van der Waals surface area contributed by atoms with Crippen LogP contribution in [0.3, 0.4) is 0 Å². The van der Waals surface area contributed by atoms with Gasteiger partial charge in [0.2, 0.25) is 17.8 Å². The van der Waals surface area contributed by atoms with Crippen molar-refractivity contribution in [3.05, 3.63) is 41.0 Å². The molecule has 0 spiro atoms. The van der Waals surface area contributed by atoms with Crippen molar-refractivity contribution in [1.29, 1.82) is 0 Å². The molecule has 3 aromatic rings. The molecule has 1 saturated heterocycles. The molecule has 45 heavy (non-hydrogen) atoms. The van der Waals surface area contributed by atoms with E-state index in [-0.39, 0.29) is 0 Å². The number of carbonyl (C=O) groups excluding carboxylic acids is 3. The van der Waals surface area contributed by atoms with Crippen LogP contribution in [0.4, 0.5) is 0 Å². The fourth-order valence-electron chi connectivity index (χ4n) is 4.71. The zero-order chi connectivity index (χ0) is 33.1. The average Bonchev–Trinajstić information content (AvgIpc) is 2.99. The lowest BCUT2D eigenvalue weighted by atomic mass is 9.91. The van der Waals surface area contributed by atoms with Crippen LogP contribution in [0.25, 0.3) is 11.1 Å². The molecule has 0 aromatic heterocycles. The highest BCUT2D eigenvalue weighted by atomic mass is 16.7. The van der Waals surface area contributed by atoms with Crippen LogP contribution >= 0.6 is 0 Å². The van der Waals surface area contributed by atoms with Crippen LogP contribution in [0.15, 0.2) is 24.3 Å². The van der Waals surface area contributed by atoms with Gasteiger partial charge in [-0.25, -0.2) is 14.4 Å². The van der Waals surface area contributed by atoms with E-state index in [4.69, 9.17) is 18.9 Å². The zero-order valence-electron chi connectivity index (χ0n) is 22.2. The van der Waals surface area contributed by atoms with Gasteiger partial charge in [-0.15, -0.1) is 0 Å². The van der Waals surface area contributed by atoms with Crippen molar-refractivity contribution < 1.29 is 89.5 Å². The number of rotatable bonds is 2. The lowest BCUT2D eigenvalue weighted by Gasteiger charge is -2.41. The molecule has 2 bridgehead atoms. The Kier molecular flexibility index (Phi) is 7.49. The summed E-state index contributed by atoms with van der Waals surface area (Å²) in [5, 5.41) is 113. The number of cyclic esters (lactones) is 1. The molecule has 0 unspecified atom stereocenters. The molecule has 2 aliphatic rings. The first kappa shape index (κ1) is 30.6. The monoisotopic (exact) mass is 634 g/mol. The minimum Gasteiger partial charge on any atom is -0.504 e. The van der Waals surface area contributed by atoms with Gasteiger partial charge in [0.05, 0.1) is 16.7 Å². The predicted octanol–water partition coefficient (Wildman–Crippen LogP) is -0.297. The Morgan fingerprint density at radius 2 is 1.16 bits per heavy atom. The van der Waals surface area contributed by atoms with Crippen molar-refractivity contribution in [2.24, 2.45) is 0 Å². The minimum atomic E-state index is -2.22. The molecule has 0 radical (unpaired) electrons. The number of benzene rings is 3. The Morgan fingerprint density at radius 3 is 1.69 bits per heavy atom. The largest absolute Gasteiger partial charge is 0.504 e. The number of aliphatic hydroxyl groups is 2. The zero-order valence-corrected chi connectivity index (χ0v) is 22.2. The van der Waals surface area contributed by atoms with Gasteiger partial charge in [0.25, 0.3) is 0 Å². The van der Waals surface area contributed by atoms with E-state index in [2.05, 4.69) is 0 Å². The molecular formula is C27H22O18. The molecular weight excluding hydrogens is 612 g/mol. The molecule has 0 aliphatic carbocycles. The fourth-order valence-corrected chi connectivity index (χ4v) is 4.71. The molecule has 18 heteroatoms. The molecule has 238 valence electrons. The van der Waals surface area contributed by atoms with E-state index in [0.29, 0.717) is 24.3 Å². The molecule has 3 aromatic carbocycles. The van der Waals surface area contributed by atoms with Crippen LogP contribution < -0.4 is 0 Å². The summed E-state index contributed by atoms with van der Waals surface area (Å²) >= 11 is 0. The van der Waals surface area contributed by atoms with Crippen LogP contribution in [-0.2, 0) is 18.9 Å². The van der Waals surface area contributed by atoms with E-state index < -0.39 is 135 Å². The van der Waals surface area contributed by atoms with Gasteiger partial charge in [-0.1, -0.05) is 0 Å². The quantitative estimate of drug-likeness (QED) is 0.0979. The van der Waals surface area contributed by atoms with E-state index in [0.717, 1.165) is 0 Å². The van der Waals surface area contributed by atoms with E-state index >= 15 is 0 Å². The number of esters is 3. The van der Waals surface area contributed by atoms with Gasteiger partial charge in [0.15, 0.2) is 52.5 Å². The van der Waals surface area contributed by atoms with E-state index in [1.54, 1.807) is 0 Å². The van der Waals surface area contributed by atoms with Crippen molar-refractivity contribution in [2.75, 3.05) is 6.61 Å². The van der Waals surface area contributed by atoms with Gasteiger partial charge in [0, 0.05) is 11.1 Å². The number of carbonyl (C=O) groups is 3. The van der Waals surface area contributed by atoms with Crippen molar-refractivity contribution in [2.45, 2.75) is 30.7 Å². The summed E-state index contributed by atoms with van der Waals surface area (Å²) in [7, 11) is 0. The minimum absolute atomic E-state index is 0.508. The smallest absolute Gasteiger partial charge is 0.340 e. The molecule has 0 saturated carbocycles. The van der Waals surface area contributed by atoms with Gasteiger partial charge >= 0.3 is 17.9 Å². The summed E-state index contributed by atoms with van der Waals surface area (Å²) in [5.41, 5.74) is -4.12. The Balaban J connectivity index is 1.61. The van der Waals surface area contributed by atoms with Crippen molar-refractivity contribution in [1.82, 2.24) is 0 Å². The first-order chi connectivity index (χ1) is 21.1. The summed E-state index contributed by atoms with van der Waals surface area (Å²) in [5.74, 6) is -14.5. The third-order valence-electron chi connectivity index (χ3n) is 6.99. The second kappa shape index (κ2) is 11.0. The van der Waals surface area contributed by atoms with Crippen LogP contribution in [0.1, 0.15) is 31.1 Å². The second-order valence-electron chi connectivity index (χ2n) is 9.79. The van der Waals surface area contributed by atoms with Crippen LogP contribution in [0, 0.1) is 0 Å². The number of aliphatic hydroxyl groups excluding tert-OH is 2. The highest BCUT2D eigenvalue weighted by molar-refractivity contribution is 6.08. The summed E-state index contributed by atoms with van der Waals surface area (Å²) < 4.78 is 20.8. The average molecular weight is 634 g/mol. The van der Waals surface area contributed by atoms with Gasteiger partial charge in [-0.05, 0) is 24.3 Å². The Bertz CT molecular complexity index is 1730. The van der Waals surface area contributed by atoms with Gasteiger partial charge in [0.1, 0.15) is 18.8 Å². The summed E-state index contributed by atoms with van der Waals surface area (Å²) in [6, 6.07) is 2.45. The summed E-state index contributed by atoms with van der Waals surface area (Å²) in [6.07, 6.45) is -10.2. The first-order valence-electron chi connectivity index (χ1n) is 12.5. The second-order valence-corrected chi connectivity index (χ2v) is 9.79. The third kappa shape index (κ3) is 5.07. The van der Waals surface area contributed by atoms with Crippen LogP contribution in [0.5, 0.6) is 51.7 Å². The van der Waals surface area contributed by atoms with E-state index in [9.17, 15) is 70.6 Å². The van der Waals surface area contributed by atoms with Crippen molar-refractivity contribution in [3.8, 4) is 62.9 Å². The number of fused-ring (bicyclic) bond motifs is 5. The molecule has 0 amide bonds. The normalized spacial score (nSPS) is 22.9. The van der Waals surface area contributed by atoms with Crippen molar-refractivity contribution in [3.63, 3.8) is 0 Å². The number of phenols is 9. The number of ether oxygens (including phenoxy) is 4. The van der Waals surface area contributed by atoms with Crippen molar-refractivity contribution >= 4 is 17.9 Å². The topological polar surface area (TPSA) is 311 Å². The van der Waals surface area contributed by atoms with Gasteiger partial charge in [-0.2, -0.15) is 0 Å². The molecule has 11 N–H and O–H groups in total. The molecule has 5 atom stereocenters. The summed E-state index contributed by atoms with van der Waals surface area (Å²) in [4.78, 5) is 39.4. The maximum absolute atomic E-state index is 13.5. The van der Waals surface area contributed by atoms with E-state index in [1.807, 2.05) is 0 Å². The number of hydrogen-bond acceptors (Lipinski definition) is 18. The Hall–Kier alpha value is -5.85. The Labute approximate surface area is 248 Å². The van der Waals surface area contributed by atoms with Gasteiger partial charge in [-0.3, -0.25) is 0 Å².